The van der Waals surface area contributed by atoms with Crippen LogP contribution in [0.25, 0.3) is 11.5 Å². The van der Waals surface area contributed by atoms with Crippen LogP contribution >= 0.6 is 11.8 Å². The minimum absolute atomic E-state index is 0.0961. The Morgan fingerprint density at radius 1 is 1.06 bits per heavy atom. The van der Waals surface area contributed by atoms with Gasteiger partial charge in [0.05, 0.1) is 11.1 Å². The highest BCUT2D eigenvalue weighted by Crippen LogP contribution is 2.52. The summed E-state index contributed by atoms with van der Waals surface area (Å²) in [5.74, 6) is 1.64. The highest BCUT2D eigenvalue weighted by atomic mass is 32.2. The van der Waals surface area contributed by atoms with Gasteiger partial charge in [-0.05, 0) is 56.6 Å². The van der Waals surface area contributed by atoms with Gasteiger partial charge in [-0.3, -0.25) is 0 Å². The van der Waals surface area contributed by atoms with Crippen molar-refractivity contribution in [3.05, 3.63) is 48.4 Å². The summed E-state index contributed by atoms with van der Waals surface area (Å²) < 4.78 is 41.0. The predicted octanol–water partition coefficient (Wildman–Crippen LogP) is 4.76. The fourth-order valence-electron chi connectivity index (χ4n) is 5.65. The summed E-state index contributed by atoms with van der Waals surface area (Å²) in [7, 11) is 1.94. The average molecular weight is 518 g/mol. The molecule has 2 atom stereocenters. The molecule has 192 valence electrons. The second-order valence-corrected chi connectivity index (χ2v) is 11.2. The lowest BCUT2D eigenvalue weighted by Crippen LogP contribution is -2.50. The van der Waals surface area contributed by atoms with E-state index in [2.05, 4.69) is 43.8 Å². The molecular weight excluding hydrogens is 487 g/mol. The van der Waals surface area contributed by atoms with Gasteiger partial charge in [-0.2, -0.15) is 13.2 Å². The summed E-state index contributed by atoms with van der Waals surface area (Å²) in [5.41, 5.74) is 0.994. The molecule has 2 fully saturated rings. The van der Waals surface area contributed by atoms with E-state index in [1.54, 1.807) is 30.1 Å². The van der Waals surface area contributed by atoms with Crippen LogP contribution in [0.2, 0.25) is 0 Å². The Bertz CT molecular complexity index is 1200. The molecule has 0 N–H and O–H groups in total. The van der Waals surface area contributed by atoms with Crippen molar-refractivity contribution in [2.24, 2.45) is 12.5 Å². The number of likely N-dealkylation sites (tertiary alicyclic amines) is 1. The number of fused-ring (bicyclic) bond motifs is 1. The molecule has 2 aliphatic heterocycles. The molecule has 1 aromatic carbocycles. The van der Waals surface area contributed by atoms with Gasteiger partial charge in [0.2, 0.25) is 0 Å². The third-order valence-electron chi connectivity index (χ3n) is 7.89. The number of hydrogen-bond donors (Lipinski definition) is 0. The average Bonchev–Trinajstić information content (AvgIpc) is 3.42. The summed E-state index contributed by atoms with van der Waals surface area (Å²) in [6.45, 7) is 8.31. The topological polar surface area (TPSA) is 63.0 Å². The van der Waals surface area contributed by atoms with Crippen molar-refractivity contribution < 1.29 is 13.2 Å². The van der Waals surface area contributed by atoms with Crippen molar-refractivity contribution in [1.29, 1.82) is 0 Å². The van der Waals surface area contributed by atoms with E-state index in [9.17, 15) is 13.2 Å². The zero-order chi connectivity index (χ0) is 25.6. The van der Waals surface area contributed by atoms with E-state index in [-0.39, 0.29) is 11.0 Å². The number of hydrogen-bond acceptors (Lipinski definition) is 7. The maximum absolute atomic E-state index is 13.0. The van der Waals surface area contributed by atoms with Crippen LogP contribution in [-0.4, -0.2) is 67.1 Å². The maximum atomic E-state index is 13.0. The Kier molecular flexibility index (Phi) is 6.48. The van der Waals surface area contributed by atoms with Gasteiger partial charge in [0.15, 0.2) is 11.0 Å². The van der Waals surface area contributed by atoms with Crippen LogP contribution in [0.5, 0.6) is 0 Å². The summed E-state index contributed by atoms with van der Waals surface area (Å²) in [4.78, 5) is 13.0. The molecule has 2 aliphatic rings. The highest BCUT2D eigenvalue weighted by Gasteiger charge is 2.58. The number of halogens is 3. The van der Waals surface area contributed by atoms with Crippen molar-refractivity contribution in [1.82, 2.24) is 29.6 Å². The number of benzene rings is 1. The fraction of sp³-hybridized carbons (Fsp3) is 0.520. The van der Waals surface area contributed by atoms with Crippen molar-refractivity contribution in [2.45, 2.75) is 43.6 Å². The van der Waals surface area contributed by atoms with E-state index >= 15 is 0 Å². The normalized spacial score (nSPS) is 24.4. The molecular formula is C25H30F3N7S. The van der Waals surface area contributed by atoms with Crippen LogP contribution in [-0.2, 0) is 13.2 Å². The van der Waals surface area contributed by atoms with Gasteiger partial charge in [-0.1, -0.05) is 18.7 Å². The lowest BCUT2D eigenvalue weighted by atomic mass is 9.75. The molecule has 5 rings (SSSR count). The lowest BCUT2D eigenvalue weighted by molar-refractivity contribution is -0.137. The summed E-state index contributed by atoms with van der Waals surface area (Å²) in [6, 6.07) is 7.45. The van der Waals surface area contributed by atoms with E-state index in [4.69, 9.17) is 0 Å². The highest BCUT2D eigenvalue weighted by molar-refractivity contribution is 7.99. The fourth-order valence-corrected chi connectivity index (χ4v) is 6.49. The molecule has 4 heterocycles. The van der Waals surface area contributed by atoms with Crippen molar-refractivity contribution in [3.8, 4) is 11.5 Å². The molecule has 3 aromatic rings. The van der Waals surface area contributed by atoms with E-state index in [1.165, 1.54) is 18.5 Å². The third kappa shape index (κ3) is 4.47. The van der Waals surface area contributed by atoms with Crippen LogP contribution in [0.15, 0.2) is 48.0 Å². The largest absolute Gasteiger partial charge is 0.416 e. The van der Waals surface area contributed by atoms with Crippen LogP contribution in [0.1, 0.15) is 32.3 Å². The van der Waals surface area contributed by atoms with Gasteiger partial charge in [-0.25, -0.2) is 9.97 Å². The lowest BCUT2D eigenvalue weighted by Gasteiger charge is -2.41. The molecule has 2 saturated heterocycles. The number of thioether (sulfide) groups is 1. The van der Waals surface area contributed by atoms with E-state index in [0.29, 0.717) is 0 Å². The Balaban J connectivity index is 1.18. The molecule has 11 heteroatoms. The third-order valence-corrected chi connectivity index (χ3v) is 9.00. The second kappa shape index (κ2) is 9.33. The van der Waals surface area contributed by atoms with Crippen molar-refractivity contribution >= 4 is 17.4 Å². The quantitative estimate of drug-likeness (QED) is 0.331. The first kappa shape index (κ1) is 25.0. The zero-order valence-electron chi connectivity index (χ0n) is 20.7. The minimum Gasteiger partial charge on any atom is -0.364 e. The molecule has 0 aliphatic carbocycles. The summed E-state index contributed by atoms with van der Waals surface area (Å²) >= 11 is 1.68. The van der Waals surface area contributed by atoms with Crippen molar-refractivity contribution in [2.75, 3.05) is 36.8 Å². The zero-order valence-corrected chi connectivity index (χ0v) is 21.5. The monoisotopic (exact) mass is 517 g/mol. The first-order chi connectivity index (χ1) is 17.1. The van der Waals surface area contributed by atoms with Gasteiger partial charge in [0.1, 0.15) is 12.0 Å². The first-order valence-corrected chi connectivity index (χ1v) is 13.1. The smallest absolute Gasteiger partial charge is 0.364 e. The molecule has 0 bridgehead atoms. The summed E-state index contributed by atoms with van der Waals surface area (Å²) in [5, 5.41) is 9.45. The van der Waals surface area contributed by atoms with Gasteiger partial charge in [0, 0.05) is 49.7 Å². The van der Waals surface area contributed by atoms with Crippen LogP contribution in [0.4, 0.5) is 18.9 Å². The molecule has 0 spiro atoms. The van der Waals surface area contributed by atoms with E-state index < -0.39 is 11.7 Å². The summed E-state index contributed by atoms with van der Waals surface area (Å²) in [6.07, 6.45) is 0.914. The number of aromatic nitrogens is 5. The maximum Gasteiger partial charge on any atom is 0.416 e. The number of alkyl halides is 3. The molecule has 2 aromatic heterocycles. The Morgan fingerprint density at radius 2 is 1.83 bits per heavy atom. The molecule has 36 heavy (non-hydrogen) atoms. The van der Waals surface area contributed by atoms with E-state index in [0.717, 1.165) is 67.1 Å². The molecule has 7 nitrogen and oxygen atoms in total. The first-order valence-electron chi connectivity index (χ1n) is 12.1. The van der Waals surface area contributed by atoms with Crippen LogP contribution in [0, 0.1) is 5.41 Å². The number of anilines is 1. The molecule has 0 unspecified atom stereocenters. The second-order valence-electron chi connectivity index (χ2n) is 10.2. The SMILES string of the molecule is Cn1c(SCCCN2C[C@]3(C)CCN(c4ccc(C(F)(F)F)cc4)[C@]3(C)C2)nnc1-c1ccncn1. The van der Waals surface area contributed by atoms with Crippen LogP contribution in [0.3, 0.4) is 0 Å². The molecule has 0 saturated carbocycles. The van der Waals surface area contributed by atoms with Gasteiger partial charge < -0.3 is 14.4 Å². The molecule has 0 radical (unpaired) electrons. The van der Waals surface area contributed by atoms with Crippen LogP contribution < -0.4 is 4.90 Å². The standard InChI is InChI=1S/C25H30F3N7S/c1-23-10-13-35(19-7-5-18(6-8-19)25(26,27)28)24(23,2)16-34(15-23)12-4-14-36-22-32-31-21(33(22)3)20-9-11-29-17-30-20/h5-9,11,17H,4,10,12-16H2,1-3H3/t23-,24+/m0/s1. The van der Waals surface area contributed by atoms with Gasteiger partial charge >= 0.3 is 6.18 Å². The predicted molar refractivity (Wildman–Crippen MR) is 134 cm³/mol. The number of rotatable bonds is 7. The Labute approximate surface area is 213 Å². The molecule has 0 amide bonds. The van der Waals surface area contributed by atoms with E-state index in [1.807, 2.05) is 17.7 Å². The van der Waals surface area contributed by atoms with Gasteiger partial charge in [0.25, 0.3) is 0 Å². The Morgan fingerprint density at radius 3 is 2.53 bits per heavy atom. The Hall–Kier alpha value is -2.66. The van der Waals surface area contributed by atoms with Gasteiger partial charge in [-0.15, -0.1) is 10.2 Å². The van der Waals surface area contributed by atoms with Crippen molar-refractivity contribution in [3.63, 3.8) is 0 Å². The minimum atomic E-state index is -4.31. The number of nitrogens with zero attached hydrogens (tertiary/aromatic N) is 7.